The van der Waals surface area contributed by atoms with Gasteiger partial charge in [0.1, 0.15) is 0 Å². The Labute approximate surface area is 101 Å². The summed E-state index contributed by atoms with van der Waals surface area (Å²) in [6, 6.07) is 0.270. The Morgan fingerprint density at radius 3 is 2.94 bits per heavy atom. The number of rotatable bonds is 4. The first-order valence-corrected chi connectivity index (χ1v) is 6.54. The number of aliphatic hydroxyl groups excluding tert-OH is 1. The van der Waals surface area contributed by atoms with Crippen molar-refractivity contribution in [2.24, 2.45) is 0 Å². The lowest BCUT2D eigenvalue weighted by Gasteiger charge is -2.33. The Kier molecular flexibility index (Phi) is 3.11. The van der Waals surface area contributed by atoms with Gasteiger partial charge >= 0.3 is 0 Å². The molecular formula is C12H19N3O2. The van der Waals surface area contributed by atoms with Crippen LogP contribution in [0.1, 0.15) is 49.7 Å². The summed E-state index contributed by atoms with van der Waals surface area (Å²) in [5, 5.41) is 13.4. The number of aliphatic hydroxyl groups is 1. The van der Waals surface area contributed by atoms with Crippen molar-refractivity contribution >= 4 is 0 Å². The molecule has 1 aromatic heterocycles. The zero-order chi connectivity index (χ0) is 11.7. The minimum absolute atomic E-state index is 0.229. The van der Waals surface area contributed by atoms with E-state index in [4.69, 9.17) is 4.52 Å². The van der Waals surface area contributed by atoms with E-state index >= 15 is 0 Å². The molecule has 0 radical (unpaired) electrons. The lowest BCUT2D eigenvalue weighted by molar-refractivity contribution is 0.0812. The van der Waals surface area contributed by atoms with E-state index < -0.39 is 0 Å². The van der Waals surface area contributed by atoms with Crippen molar-refractivity contribution in [2.45, 2.75) is 50.6 Å². The molecular weight excluding hydrogens is 218 g/mol. The lowest BCUT2D eigenvalue weighted by Crippen LogP contribution is -2.41. The zero-order valence-corrected chi connectivity index (χ0v) is 10.0. The molecule has 17 heavy (non-hydrogen) atoms. The summed E-state index contributed by atoms with van der Waals surface area (Å²) in [4.78, 5) is 6.70. The maximum atomic E-state index is 9.34. The molecule has 1 N–H and O–H groups in total. The fourth-order valence-corrected chi connectivity index (χ4v) is 2.48. The van der Waals surface area contributed by atoms with Crippen LogP contribution in [-0.2, 0) is 6.54 Å². The van der Waals surface area contributed by atoms with Crippen LogP contribution in [0.2, 0.25) is 0 Å². The Morgan fingerprint density at radius 1 is 1.29 bits per heavy atom. The highest BCUT2D eigenvalue weighted by atomic mass is 16.5. The number of nitrogens with zero attached hydrogens (tertiary/aromatic N) is 3. The summed E-state index contributed by atoms with van der Waals surface area (Å²) >= 11 is 0. The van der Waals surface area contributed by atoms with Gasteiger partial charge in [-0.05, 0) is 32.2 Å². The van der Waals surface area contributed by atoms with Crippen LogP contribution in [-0.4, -0.2) is 39.3 Å². The molecule has 1 aliphatic heterocycles. The third-order valence-electron chi connectivity index (χ3n) is 3.71. The van der Waals surface area contributed by atoms with Crippen LogP contribution < -0.4 is 0 Å². The van der Waals surface area contributed by atoms with Crippen molar-refractivity contribution in [3.8, 4) is 0 Å². The van der Waals surface area contributed by atoms with Crippen LogP contribution in [0.4, 0.5) is 0 Å². The van der Waals surface area contributed by atoms with Crippen LogP contribution in [0.3, 0.4) is 0 Å². The van der Waals surface area contributed by atoms with E-state index in [1.807, 2.05) is 0 Å². The highest BCUT2D eigenvalue weighted by Crippen LogP contribution is 2.38. The first-order valence-electron chi connectivity index (χ1n) is 6.54. The summed E-state index contributed by atoms with van der Waals surface area (Å²) in [6.45, 7) is 1.97. The van der Waals surface area contributed by atoms with Crippen molar-refractivity contribution in [3.05, 3.63) is 11.7 Å². The number of hydrogen-bond donors (Lipinski definition) is 1. The molecule has 2 aliphatic rings. The highest BCUT2D eigenvalue weighted by Gasteiger charge is 2.30. The van der Waals surface area contributed by atoms with Gasteiger partial charge in [-0.2, -0.15) is 4.98 Å². The maximum Gasteiger partial charge on any atom is 0.229 e. The van der Waals surface area contributed by atoms with Crippen molar-refractivity contribution in [3.63, 3.8) is 0 Å². The average Bonchev–Trinajstić information content (AvgIpc) is 3.11. The molecule has 1 saturated carbocycles. The second kappa shape index (κ2) is 4.74. The fraction of sp³-hybridized carbons (Fsp3) is 0.833. The van der Waals surface area contributed by atoms with Crippen molar-refractivity contribution in [1.82, 2.24) is 15.0 Å². The summed E-state index contributed by atoms with van der Waals surface area (Å²) in [5.41, 5.74) is 0. The predicted octanol–water partition coefficient (Wildman–Crippen LogP) is 1.29. The molecule has 2 fully saturated rings. The summed E-state index contributed by atoms with van der Waals surface area (Å²) in [5.74, 6) is 2.09. The van der Waals surface area contributed by atoms with Crippen molar-refractivity contribution < 1.29 is 9.63 Å². The van der Waals surface area contributed by atoms with E-state index in [9.17, 15) is 5.11 Å². The van der Waals surface area contributed by atoms with Gasteiger partial charge in [0, 0.05) is 12.0 Å². The van der Waals surface area contributed by atoms with E-state index in [2.05, 4.69) is 15.0 Å². The molecule has 1 aliphatic carbocycles. The number of aromatic nitrogens is 2. The van der Waals surface area contributed by atoms with E-state index in [1.54, 1.807) is 0 Å². The molecule has 0 amide bonds. The molecule has 1 saturated heterocycles. The van der Waals surface area contributed by atoms with Crippen molar-refractivity contribution in [2.75, 3.05) is 13.2 Å². The van der Waals surface area contributed by atoms with Crippen LogP contribution in [0, 0.1) is 0 Å². The quantitative estimate of drug-likeness (QED) is 0.855. The molecule has 94 valence electrons. The van der Waals surface area contributed by atoms with Gasteiger partial charge in [-0.1, -0.05) is 11.6 Å². The van der Waals surface area contributed by atoms with E-state index in [0.29, 0.717) is 12.5 Å². The largest absolute Gasteiger partial charge is 0.395 e. The Balaban J connectivity index is 1.63. The van der Waals surface area contributed by atoms with Gasteiger partial charge in [-0.3, -0.25) is 4.90 Å². The topological polar surface area (TPSA) is 62.4 Å². The Bertz CT molecular complexity index is 376. The zero-order valence-electron chi connectivity index (χ0n) is 10.0. The number of piperidine rings is 1. The molecule has 1 atom stereocenters. The smallest absolute Gasteiger partial charge is 0.229 e. The van der Waals surface area contributed by atoms with E-state index in [0.717, 1.165) is 24.7 Å². The molecule has 2 heterocycles. The van der Waals surface area contributed by atoms with Gasteiger partial charge < -0.3 is 9.63 Å². The van der Waals surface area contributed by atoms with Crippen LogP contribution in [0.5, 0.6) is 0 Å². The number of likely N-dealkylation sites (tertiary alicyclic amines) is 1. The molecule has 1 unspecified atom stereocenters. The first-order chi connectivity index (χ1) is 8.36. The van der Waals surface area contributed by atoms with Crippen LogP contribution >= 0.6 is 0 Å². The highest BCUT2D eigenvalue weighted by molar-refractivity contribution is 5.01. The SMILES string of the molecule is OCC1CCCCN1Cc1noc(C2CC2)n1. The third-order valence-corrected chi connectivity index (χ3v) is 3.71. The standard InChI is InChI=1S/C12H19N3O2/c16-8-10-3-1-2-6-15(10)7-11-13-12(17-14-11)9-4-5-9/h9-10,16H,1-8H2. The molecule has 0 aromatic carbocycles. The number of hydrogen-bond acceptors (Lipinski definition) is 5. The van der Waals surface area contributed by atoms with E-state index in [-0.39, 0.29) is 12.6 Å². The fourth-order valence-electron chi connectivity index (χ4n) is 2.48. The molecule has 5 nitrogen and oxygen atoms in total. The van der Waals surface area contributed by atoms with Gasteiger partial charge in [-0.15, -0.1) is 0 Å². The second-order valence-electron chi connectivity index (χ2n) is 5.13. The Hall–Kier alpha value is -0.940. The van der Waals surface area contributed by atoms with E-state index in [1.165, 1.54) is 25.7 Å². The third kappa shape index (κ3) is 2.50. The van der Waals surface area contributed by atoms with Crippen molar-refractivity contribution in [1.29, 1.82) is 0 Å². The van der Waals surface area contributed by atoms with Gasteiger partial charge in [0.15, 0.2) is 5.82 Å². The van der Waals surface area contributed by atoms with Gasteiger partial charge in [-0.25, -0.2) is 0 Å². The summed E-state index contributed by atoms with van der Waals surface area (Å²) < 4.78 is 5.25. The molecule has 0 spiro atoms. The molecule has 3 rings (SSSR count). The normalized spacial score (nSPS) is 26.3. The second-order valence-corrected chi connectivity index (χ2v) is 5.13. The van der Waals surface area contributed by atoms with Gasteiger partial charge in [0.2, 0.25) is 5.89 Å². The molecule has 0 bridgehead atoms. The van der Waals surface area contributed by atoms with Crippen LogP contribution in [0.25, 0.3) is 0 Å². The predicted molar refractivity (Wildman–Crippen MR) is 61.4 cm³/mol. The minimum atomic E-state index is 0.229. The first kappa shape index (κ1) is 11.2. The van der Waals surface area contributed by atoms with Gasteiger partial charge in [0.05, 0.1) is 13.2 Å². The minimum Gasteiger partial charge on any atom is -0.395 e. The summed E-state index contributed by atoms with van der Waals surface area (Å²) in [6.07, 6.45) is 5.85. The maximum absolute atomic E-state index is 9.34. The summed E-state index contributed by atoms with van der Waals surface area (Å²) in [7, 11) is 0. The average molecular weight is 237 g/mol. The van der Waals surface area contributed by atoms with Gasteiger partial charge in [0.25, 0.3) is 0 Å². The molecule has 5 heteroatoms. The monoisotopic (exact) mass is 237 g/mol. The lowest BCUT2D eigenvalue weighted by atomic mass is 10.0. The Morgan fingerprint density at radius 2 is 2.18 bits per heavy atom. The molecule has 1 aromatic rings. The van der Waals surface area contributed by atoms with Crippen LogP contribution in [0.15, 0.2) is 4.52 Å².